The van der Waals surface area contributed by atoms with Crippen molar-refractivity contribution >= 4 is 17.9 Å². The number of hydrogen-bond donors (Lipinski definition) is 0. The maximum atomic E-state index is 12.5. The Morgan fingerprint density at radius 3 is 2.47 bits per heavy atom. The second-order valence-electron chi connectivity index (χ2n) is 6.57. The van der Waals surface area contributed by atoms with Gasteiger partial charge < -0.3 is 18.9 Å². The number of nitrogens with zero attached hydrogens (tertiary/aromatic N) is 1. The molecule has 3 aromatic rings. The minimum atomic E-state index is -2.99. The van der Waals surface area contributed by atoms with Gasteiger partial charge in [0.1, 0.15) is 11.5 Å². The SMILES string of the molecule is COc1cc(C2=N/C(=C\c3cccc(Oc4ccccc4)c3)C(=O)O2)ccc1OC(F)F. The molecule has 1 heterocycles. The maximum absolute atomic E-state index is 12.5. The number of para-hydroxylation sites is 1. The summed E-state index contributed by atoms with van der Waals surface area (Å²) in [4.78, 5) is 16.5. The van der Waals surface area contributed by atoms with Gasteiger partial charge >= 0.3 is 12.6 Å². The first-order valence-corrected chi connectivity index (χ1v) is 9.50. The Morgan fingerprint density at radius 2 is 1.72 bits per heavy atom. The topological polar surface area (TPSA) is 66.4 Å². The van der Waals surface area contributed by atoms with Crippen LogP contribution in [0.15, 0.2) is 83.5 Å². The smallest absolute Gasteiger partial charge is 0.387 e. The third-order valence-corrected chi connectivity index (χ3v) is 4.39. The highest BCUT2D eigenvalue weighted by atomic mass is 19.3. The van der Waals surface area contributed by atoms with Crippen LogP contribution in [0.3, 0.4) is 0 Å². The lowest BCUT2D eigenvalue weighted by Gasteiger charge is -2.10. The Balaban J connectivity index is 1.57. The van der Waals surface area contributed by atoms with Crippen molar-refractivity contribution in [3.63, 3.8) is 0 Å². The highest BCUT2D eigenvalue weighted by molar-refractivity contribution is 6.13. The number of cyclic esters (lactones) is 1. The van der Waals surface area contributed by atoms with Crippen molar-refractivity contribution in [3.8, 4) is 23.0 Å². The zero-order chi connectivity index (χ0) is 22.5. The molecule has 1 aliphatic rings. The lowest BCUT2D eigenvalue weighted by atomic mass is 10.2. The molecule has 0 aromatic heterocycles. The Hall–Kier alpha value is -4.20. The summed E-state index contributed by atoms with van der Waals surface area (Å²) in [5.74, 6) is 0.597. The van der Waals surface area contributed by atoms with E-state index in [0.717, 1.165) is 0 Å². The van der Waals surface area contributed by atoms with Gasteiger partial charge in [-0.1, -0.05) is 30.3 Å². The van der Waals surface area contributed by atoms with Crippen LogP contribution in [-0.4, -0.2) is 25.6 Å². The molecule has 0 radical (unpaired) electrons. The largest absolute Gasteiger partial charge is 0.493 e. The van der Waals surface area contributed by atoms with E-state index >= 15 is 0 Å². The van der Waals surface area contributed by atoms with E-state index in [4.69, 9.17) is 14.2 Å². The van der Waals surface area contributed by atoms with Crippen molar-refractivity contribution in [2.24, 2.45) is 4.99 Å². The van der Waals surface area contributed by atoms with E-state index in [2.05, 4.69) is 9.73 Å². The minimum absolute atomic E-state index is 0.0276. The molecular weight excluding hydrogens is 420 g/mol. The summed E-state index contributed by atoms with van der Waals surface area (Å²) in [6.07, 6.45) is 1.57. The van der Waals surface area contributed by atoms with Gasteiger partial charge in [0.15, 0.2) is 17.2 Å². The molecule has 0 bridgehead atoms. The molecule has 0 spiro atoms. The first-order valence-electron chi connectivity index (χ1n) is 9.50. The molecule has 162 valence electrons. The molecule has 8 heteroatoms. The second kappa shape index (κ2) is 9.30. The Bertz CT molecular complexity index is 1190. The molecule has 0 fully saturated rings. The molecule has 32 heavy (non-hydrogen) atoms. The Morgan fingerprint density at radius 1 is 0.938 bits per heavy atom. The highest BCUT2D eigenvalue weighted by Crippen LogP contribution is 2.31. The molecular formula is C24H17F2NO5. The van der Waals surface area contributed by atoms with E-state index in [1.54, 1.807) is 30.3 Å². The van der Waals surface area contributed by atoms with Crippen LogP contribution in [0.4, 0.5) is 8.78 Å². The monoisotopic (exact) mass is 437 g/mol. The van der Waals surface area contributed by atoms with Gasteiger partial charge in [-0.15, -0.1) is 0 Å². The van der Waals surface area contributed by atoms with Gasteiger partial charge in [0.05, 0.1) is 7.11 Å². The number of aliphatic imine (C=N–C) groups is 1. The first kappa shape index (κ1) is 21.0. The fourth-order valence-corrected chi connectivity index (χ4v) is 2.98. The number of esters is 1. The Kier molecular flexibility index (Phi) is 6.12. The van der Waals surface area contributed by atoms with Crippen LogP contribution in [0.25, 0.3) is 6.08 Å². The van der Waals surface area contributed by atoms with Crippen molar-refractivity contribution in [1.82, 2.24) is 0 Å². The standard InChI is InChI=1S/C24H17F2NO5/c1-29-21-14-16(10-11-20(21)31-24(25)26)22-27-19(23(28)32-22)13-15-6-5-9-18(12-15)30-17-7-3-2-4-8-17/h2-14,24H,1H3/b19-13-. The first-order chi connectivity index (χ1) is 15.5. The van der Waals surface area contributed by atoms with Crippen LogP contribution in [-0.2, 0) is 9.53 Å². The molecule has 0 saturated heterocycles. The molecule has 3 aromatic carbocycles. The van der Waals surface area contributed by atoms with Gasteiger partial charge in [-0.25, -0.2) is 9.79 Å². The average molecular weight is 437 g/mol. The lowest BCUT2D eigenvalue weighted by Crippen LogP contribution is -2.07. The van der Waals surface area contributed by atoms with Crippen molar-refractivity contribution < 1.29 is 32.5 Å². The molecule has 0 N–H and O–H groups in total. The fourth-order valence-electron chi connectivity index (χ4n) is 2.98. The van der Waals surface area contributed by atoms with Crippen LogP contribution in [0, 0.1) is 0 Å². The van der Waals surface area contributed by atoms with Gasteiger partial charge in [-0.2, -0.15) is 8.78 Å². The molecule has 6 nitrogen and oxygen atoms in total. The summed E-state index contributed by atoms with van der Waals surface area (Å²) in [5.41, 5.74) is 1.15. The predicted octanol–water partition coefficient (Wildman–Crippen LogP) is 5.43. The molecule has 0 amide bonds. The van der Waals surface area contributed by atoms with Crippen molar-refractivity contribution in [3.05, 3.63) is 89.6 Å². The van der Waals surface area contributed by atoms with Crippen molar-refractivity contribution in [2.75, 3.05) is 7.11 Å². The number of carbonyl (C=O) groups is 1. The van der Waals surface area contributed by atoms with E-state index in [1.807, 2.05) is 30.3 Å². The van der Waals surface area contributed by atoms with Gasteiger partial charge in [-0.05, 0) is 54.1 Å². The number of benzene rings is 3. The number of carbonyl (C=O) groups excluding carboxylic acids is 1. The number of hydrogen-bond acceptors (Lipinski definition) is 6. The van der Waals surface area contributed by atoms with E-state index in [1.165, 1.54) is 25.3 Å². The number of rotatable bonds is 7. The van der Waals surface area contributed by atoms with E-state index < -0.39 is 12.6 Å². The molecule has 0 saturated carbocycles. The quantitative estimate of drug-likeness (QED) is 0.364. The summed E-state index contributed by atoms with van der Waals surface area (Å²) in [6.45, 7) is -2.99. The molecule has 1 aliphatic heterocycles. The van der Waals surface area contributed by atoms with Crippen LogP contribution >= 0.6 is 0 Å². The minimum Gasteiger partial charge on any atom is -0.493 e. The zero-order valence-electron chi connectivity index (χ0n) is 16.8. The van der Waals surface area contributed by atoms with Crippen LogP contribution < -0.4 is 14.2 Å². The van der Waals surface area contributed by atoms with Gasteiger partial charge in [0, 0.05) is 5.56 Å². The molecule has 4 rings (SSSR count). The number of alkyl halides is 2. The Labute approximate surface area is 182 Å². The third kappa shape index (κ3) is 4.92. The van der Waals surface area contributed by atoms with E-state index in [0.29, 0.717) is 22.6 Å². The maximum Gasteiger partial charge on any atom is 0.387 e. The van der Waals surface area contributed by atoms with Gasteiger partial charge in [0.2, 0.25) is 5.90 Å². The second-order valence-corrected chi connectivity index (χ2v) is 6.57. The summed E-state index contributed by atoms with van der Waals surface area (Å²) in [6, 6.07) is 20.6. The average Bonchev–Trinajstić information content (AvgIpc) is 3.14. The summed E-state index contributed by atoms with van der Waals surface area (Å²) < 4.78 is 45.5. The summed E-state index contributed by atoms with van der Waals surface area (Å²) in [5, 5.41) is 0. The summed E-state index contributed by atoms with van der Waals surface area (Å²) in [7, 11) is 1.32. The predicted molar refractivity (Wildman–Crippen MR) is 113 cm³/mol. The number of halogens is 2. The van der Waals surface area contributed by atoms with Crippen LogP contribution in [0.2, 0.25) is 0 Å². The molecule has 0 aliphatic carbocycles. The van der Waals surface area contributed by atoms with Crippen molar-refractivity contribution in [2.45, 2.75) is 6.61 Å². The number of ether oxygens (including phenoxy) is 4. The molecule has 0 atom stereocenters. The van der Waals surface area contributed by atoms with Gasteiger partial charge in [-0.3, -0.25) is 0 Å². The lowest BCUT2D eigenvalue weighted by molar-refractivity contribution is -0.129. The van der Waals surface area contributed by atoms with E-state index in [-0.39, 0.29) is 23.1 Å². The highest BCUT2D eigenvalue weighted by Gasteiger charge is 2.25. The van der Waals surface area contributed by atoms with Crippen LogP contribution in [0.1, 0.15) is 11.1 Å². The normalized spacial score (nSPS) is 14.3. The third-order valence-electron chi connectivity index (χ3n) is 4.39. The van der Waals surface area contributed by atoms with Crippen LogP contribution in [0.5, 0.6) is 23.0 Å². The summed E-state index contributed by atoms with van der Waals surface area (Å²) >= 11 is 0. The zero-order valence-corrected chi connectivity index (χ0v) is 16.8. The van der Waals surface area contributed by atoms with E-state index in [9.17, 15) is 13.6 Å². The number of methoxy groups -OCH3 is 1. The van der Waals surface area contributed by atoms with Crippen molar-refractivity contribution in [1.29, 1.82) is 0 Å². The fraction of sp³-hybridized carbons (Fsp3) is 0.0833. The molecule has 0 unspecified atom stereocenters. The van der Waals surface area contributed by atoms with Gasteiger partial charge in [0.25, 0.3) is 0 Å².